The van der Waals surface area contributed by atoms with Crippen molar-refractivity contribution in [3.8, 4) is 0 Å². The number of hydrogen-bond donors (Lipinski definition) is 1. The zero-order valence-electron chi connectivity index (χ0n) is 11.7. The Balaban J connectivity index is 2.27. The Morgan fingerprint density at radius 1 is 1.50 bits per heavy atom. The summed E-state index contributed by atoms with van der Waals surface area (Å²) in [6.45, 7) is 2.74. The Bertz CT molecular complexity index is 525. The monoisotopic (exact) mass is 320 g/mol. The van der Waals surface area contributed by atoms with E-state index in [-0.39, 0.29) is 11.7 Å². The zero-order chi connectivity index (χ0) is 15.0. The number of esters is 1. The summed E-state index contributed by atoms with van der Waals surface area (Å²) in [4.78, 5) is 15.5. The molecule has 0 radical (unpaired) electrons. The van der Waals surface area contributed by atoms with Crippen molar-refractivity contribution < 1.29 is 17.9 Å². The minimum Gasteiger partial charge on any atom is -0.466 e. The summed E-state index contributed by atoms with van der Waals surface area (Å²) in [6, 6.07) is 0. The smallest absolute Gasteiger partial charge is 0.306 e. The van der Waals surface area contributed by atoms with Crippen molar-refractivity contribution in [2.75, 3.05) is 30.5 Å². The van der Waals surface area contributed by atoms with Crippen LogP contribution in [-0.4, -0.2) is 44.5 Å². The molecule has 0 aliphatic heterocycles. The van der Waals surface area contributed by atoms with E-state index in [1.54, 1.807) is 6.92 Å². The van der Waals surface area contributed by atoms with Crippen molar-refractivity contribution >= 4 is 32.3 Å². The van der Waals surface area contributed by atoms with Crippen LogP contribution in [-0.2, 0) is 25.8 Å². The number of thiazole rings is 1. The van der Waals surface area contributed by atoms with Gasteiger partial charge in [-0.05, 0) is 13.3 Å². The molecule has 0 atom stereocenters. The van der Waals surface area contributed by atoms with E-state index in [1.807, 2.05) is 5.38 Å². The molecule has 1 N–H and O–H groups in total. The molecular formula is C12H20N2O4S2. The van der Waals surface area contributed by atoms with E-state index in [0.717, 1.165) is 10.8 Å². The molecule has 1 aromatic heterocycles. The molecule has 0 spiro atoms. The van der Waals surface area contributed by atoms with Gasteiger partial charge in [0.2, 0.25) is 0 Å². The van der Waals surface area contributed by atoms with Crippen LogP contribution in [0.4, 0.5) is 5.13 Å². The van der Waals surface area contributed by atoms with Crippen molar-refractivity contribution in [1.29, 1.82) is 0 Å². The molecule has 20 heavy (non-hydrogen) atoms. The van der Waals surface area contributed by atoms with Crippen LogP contribution in [0.5, 0.6) is 0 Å². The van der Waals surface area contributed by atoms with Gasteiger partial charge in [-0.25, -0.2) is 13.4 Å². The first-order chi connectivity index (χ1) is 9.40. The average molecular weight is 320 g/mol. The standard InChI is InChI=1S/C12H20N2O4S2/c1-3-18-11(15)6-5-10-9-19-12(14-10)13-7-4-8-20(2,16)17/h9H,3-8H2,1-2H3,(H,13,14). The lowest BCUT2D eigenvalue weighted by Crippen LogP contribution is -2.09. The van der Waals surface area contributed by atoms with Gasteiger partial charge < -0.3 is 10.1 Å². The predicted molar refractivity (Wildman–Crippen MR) is 79.9 cm³/mol. The van der Waals surface area contributed by atoms with Crippen LogP contribution in [0, 0.1) is 0 Å². The van der Waals surface area contributed by atoms with Crippen LogP contribution < -0.4 is 5.32 Å². The lowest BCUT2D eigenvalue weighted by atomic mass is 10.2. The maximum atomic E-state index is 11.2. The summed E-state index contributed by atoms with van der Waals surface area (Å²) in [5.41, 5.74) is 0.841. The number of aromatic nitrogens is 1. The van der Waals surface area contributed by atoms with Gasteiger partial charge in [0.25, 0.3) is 0 Å². The molecule has 114 valence electrons. The maximum absolute atomic E-state index is 11.2. The molecule has 1 heterocycles. The summed E-state index contributed by atoms with van der Waals surface area (Å²) in [5, 5.41) is 5.71. The molecule has 0 aliphatic carbocycles. The molecular weight excluding hydrogens is 300 g/mol. The average Bonchev–Trinajstić information content (AvgIpc) is 2.79. The molecule has 0 aromatic carbocycles. The van der Waals surface area contributed by atoms with Crippen molar-refractivity contribution in [2.45, 2.75) is 26.2 Å². The first-order valence-corrected chi connectivity index (χ1v) is 9.36. The topological polar surface area (TPSA) is 85.4 Å². The number of hydrogen-bond acceptors (Lipinski definition) is 7. The minimum atomic E-state index is -2.91. The van der Waals surface area contributed by atoms with Crippen LogP contribution in [0.2, 0.25) is 0 Å². The second-order valence-corrected chi connectivity index (χ2v) is 7.48. The van der Waals surface area contributed by atoms with Crippen LogP contribution in [0.3, 0.4) is 0 Å². The molecule has 0 saturated carbocycles. The molecule has 8 heteroatoms. The third-order valence-corrected chi connectivity index (χ3v) is 4.29. The summed E-state index contributed by atoms with van der Waals surface area (Å²) in [6.07, 6.45) is 2.66. The van der Waals surface area contributed by atoms with Gasteiger partial charge in [-0.1, -0.05) is 0 Å². The van der Waals surface area contributed by atoms with Crippen LogP contribution in [0.25, 0.3) is 0 Å². The van der Waals surface area contributed by atoms with Gasteiger partial charge in [0.05, 0.1) is 24.5 Å². The van der Waals surface area contributed by atoms with E-state index in [0.29, 0.717) is 32.4 Å². The molecule has 0 amide bonds. The maximum Gasteiger partial charge on any atom is 0.306 e. The Hall–Kier alpha value is -1.15. The van der Waals surface area contributed by atoms with E-state index >= 15 is 0 Å². The molecule has 1 aromatic rings. The summed E-state index contributed by atoms with van der Waals surface area (Å²) in [7, 11) is -2.91. The number of carbonyl (C=O) groups is 1. The Labute approximate surface area is 123 Å². The van der Waals surface area contributed by atoms with Crippen LogP contribution in [0.1, 0.15) is 25.5 Å². The van der Waals surface area contributed by atoms with E-state index in [2.05, 4.69) is 10.3 Å². The number of sulfone groups is 1. The quantitative estimate of drug-likeness (QED) is 0.548. The van der Waals surface area contributed by atoms with Gasteiger partial charge in [0.1, 0.15) is 9.84 Å². The number of nitrogens with zero attached hydrogens (tertiary/aromatic N) is 1. The van der Waals surface area contributed by atoms with Crippen molar-refractivity contribution in [3.63, 3.8) is 0 Å². The highest BCUT2D eigenvalue weighted by Gasteiger charge is 2.07. The highest BCUT2D eigenvalue weighted by Crippen LogP contribution is 2.16. The predicted octanol–water partition coefficient (Wildman–Crippen LogP) is 1.49. The SMILES string of the molecule is CCOC(=O)CCc1csc(NCCCS(C)(=O)=O)n1. The van der Waals surface area contributed by atoms with E-state index < -0.39 is 9.84 Å². The Kier molecular flexibility index (Phi) is 6.94. The molecule has 0 aliphatic rings. The highest BCUT2D eigenvalue weighted by molar-refractivity contribution is 7.90. The summed E-state index contributed by atoms with van der Waals surface area (Å²) in [5.74, 6) is -0.0515. The van der Waals surface area contributed by atoms with Gasteiger partial charge in [-0.15, -0.1) is 11.3 Å². The normalized spacial score (nSPS) is 11.3. The first-order valence-electron chi connectivity index (χ1n) is 6.42. The number of ether oxygens (including phenoxy) is 1. The molecule has 1 rings (SSSR count). The van der Waals surface area contributed by atoms with Crippen molar-refractivity contribution in [2.24, 2.45) is 0 Å². The molecule has 0 fully saturated rings. The molecule has 6 nitrogen and oxygen atoms in total. The zero-order valence-corrected chi connectivity index (χ0v) is 13.3. The molecule has 0 bridgehead atoms. The fraction of sp³-hybridized carbons (Fsp3) is 0.667. The van der Waals surface area contributed by atoms with E-state index in [9.17, 15) is 13.2 Å². The number of anilines is 1. The second kappa shape index (κ2) is 8.21. The van der Waals surface area contributed by atoms with Crippen LogP contribution in [0.15, 0.2) is 5.38 Å². The Morgan fingerprint density at radius 2 is 2.25 bits per heavy atom. The number of nitrogens with one attached hydrogen (secondary N) is 1. The van der Waals surface area contributed by atoms with Crippen molar-refractivity contribution in [3.05, 3.63) is 11.1 Å². The fourth-order valence-corrected chi connectivity index (χ4v) is 2.94. The van der Waals surface area contributed by atoms with E-state index in [4.69, 9.17) is 4.74 Å². The lowest BCUT2D eigenvalue weighted by molar-refractivity contribution is -0.143. The second-order valence-electron chi connectivity index (χ2n) is 4.36. The number of aryl methyl sites for hydroxylation is 1. The largest absolute Gasteiger partial charge is 0.466 e. The minimum absolute atomic E-state index is 0.168. The molecule has 0 saturated heterocycles. The van der Waals surface area contributed by atoms with E-state index in [1.165, 1.54) is 17.6 Å². The summed E-state index contributed by atoms with van der Waals surface area (Å²) >= 11 is 1.45. The van der Waals surface area contributed by atoms with Gasteiger partial charge >= 0.3 is 5.97 Å². The fourth-order valence-electron chi connectivity index (χ4n) is 1.50. The lowest BCUT2D eigenvalue weighted by Gasteiger charge is -2.01. The number of carbonyl (C=O) groups excluding carboxylic acids is 1. The van der Waals surface area contributed by atoms with Gasteiger partial charge in [0, 0.05) is 24.6 Å². The van der Waals surface area contributed by atoms with Gasteiger partial charge in [-0.2, -0.15) is 0 Å². The van der Waals surface area contributed by atoms with Gasteiger partial charge in [0.15, 0.2) is 5.13 Å². The first kappa shape index (κ1) is 16.9. The third kappa shape index (κ3) is 7.44. The summed E-state index contributed by atoms with van der Waals surface area (Å²) < 4.78 is 26.8. The Morgan fingerprint density at radius 3 is 2.90 bits per heavy atom. The van der Waals surface area contributed by atoms with Gasteiger partial charge in [-0.3, -0.25) is 4.79 Å². The number of rotatable bonds is 9. The molecule has 0 unspecified atom stereocenters. The highest BCUT2D eigenvalue weighted by atomic mass is 32.2. The van der Waals surface area contributed by atoms with Crippen molar-refractivity contribution in [1.82, 2.24) is 4.98 Å². The van der Waals surface area contributed by atoms with Crippen LogP contribution >= 0.6 is 11.3 Å². The third-order valence-electron chi connectivity index (χ3n) is 2.41.